The second-order valence-corrected chi connectivity index (χ2v) is 11.9. The fourth-order valence-corrected chi connectivity index (χ4v) is 5.44. The molecule has 0 aliphatic carbocycles. The normalized spacial score (nSPS) is 11.3. The van der Waals surface area contributed by atoms with Crippen molar-refractivity contribution in [1.29, 1.82) is 0 Å². The van der Waals surface area contributed by atoms with E-state index in [4.69, 9.17) is 9.47 Å². The summed E-state index contributed by atoms with van der Waals surface area (Å²) in [5.41, 5.74) is -5.35. The Hall–Kier alpha value is -5.38. The Morgan fingerprint density at radius 1 is 0.491 bits per heavy atom. The molecule has 0 aliphatic rings. The van der Waals surface area contributed by atoms with Crippen LogP contribution in [-0.2, 0) is 0 Å². The Bertz CT molecular complexity index is 1910. The molecule has 0 fully saturated rings. The average molecular weight is 823 g/mol. The number of hydrogen-bond acceptors (Lipinski definition) is 2. The molecule has 0 saturated heterocycles. The Morgan fingerprint density at radius 3 is 1.05 bits per heavy atom. The molecule has 0 radical (unpaired) electrons. The van der Waals surface area contributed by atoms with Crippen molar-refractivity contribution in [1.82, 2.24) is 0 Å². The molecule has 0 spiro atoms. The summed E-state index contributed by atoms with van der Waals surface area (Å²) in [6.07, 6.45) is -7.31. The van der Waals surface area contributed by atoms with Crippen LogP contribution in [0.25, 0.3) is 22.3 Å². The molecule has 4 rings (SSSR count). The van der Waals surface area contributed by atoms with Gasteiger partial charge >= 0.3 is 12.4 Å². The lowest BCUT2D eigenvalue weighted by Crippen LogP contribution is -2.07. The first kappa shape index (κ1) is 46.0. The van der Waals surface area contributed by atoms with Crippen LogP contribution in [0.4, 0.5) is 61.5 Å². The standard InChI is InChI=1S/C39H26F14O2.C2H6/c1-2-21(5-3-11-54-24-17-32(44)36(33(45)18-24)22-13-28(40)26(29(41)14-22)7-9-38(48,49)50)6-4-12-55-25-19-34(46)37(35(47)20-25)23-15-30(42)27(31(43)16-23)8-10-39(51,52)53;1-2/h13-21H,2-6,11-12H2,1H3;1-2H3. The Kier molecular flexibility index (Phi) is 16.3. The van der Waals surface area contributed by atoms with Gasteiger partial charge < -0.3 is 9.47 Å². The number of alkyl halides is 6. The van der Waals surface area contributed by atoms with Crippen molar-refractivity contribution in [2.45, 2.75) is 65.2 Å². The smallest absolute Gasteiger partial charge is 0.458 e. The minimum Gasteiger partial charge on any atom is -0.493 e. The molecule has 0 amide bonds. The van der Waals surface area contributed by atoms with E-state index in [2.05, 4.69) is 0 Å². The van der Waals surface area contributed by atoms with Crippen LogP contribution in [0.15, 0.2) is 48.5 Å². The van der Waals surface area contributed by atoms with Crippen molar-refractivity contribution in [3.63, 3.8) is 0 Å². The van der Waals surface area contributed by atoms with E-state index in [0.717, 1.165) is 36.1 Å². The first-order valence-corrected chi connectivity index (χ1v) is 17.2. The molecule has 0 N–H and O–H groups in total. The first-order chi connectivity index (χ1) is 26.8. The second-order valence-electron chi connectivity index (χ2n) is 11.9. The van der Waals surface area contributed by atoms with E-state index in [-0.39, 0.29) is 30.6 Å². The van der Waals surface area contributed by atoms with E-state index >= 15 is 0 Å². The maximum absolute atomic E-state index is 14.8. The SMILES string of the molecule is CC.CCC(CCCOc1cc(F)c(-c2cc(F)c(C#CC(F)(F)F)c(F)c2)c(F)c1)CCCOc1cc(F)c(-c2cc(F)c(C#CC(F)(F)F)c(F)c2)c(F)c1. The van der Waals surface area contributed by atoms with Crippen molar-refractivity contribution in [2.75, 3.05) is 13.2 Å². The van der Waals surface area contributed by atoms with Crippen LogP contribution in [-0.4, -0.2) is 25.6 Å². The molecular weight excluding hydrogens is 790 g/mol. The summed E-state index contributed by atoms with van der Waals surface area (Å²) in [5, 5.41) is 0. The molecular formula is C41H32F14O2. The lowest BCUT2D eigenvalue weighted by molar-refractivity contribution is -0.0706. The molecule has 0 saturated carbocycles. The molecule has 4 aromatic carbocycles. The van der Waals surface area contributed by atoms with Gasteiger partial charge in [0.25, 0.3) is 0 Å². The maximum atomic E-state index is 14.8. The van der Waals surface area contributed by atoms with Gasteiger partial charge in [-0.15, -0.1) is 0 Å². The Balaban J connectivity index is 0.00000428. The minimum absolute atomic E-state index is 0.0173. The minimum atomic E-state index is -5.02. The van der Waals surface area contributed by atoms with E-state index in [1.54, 1.807) is 0 Å². The van der Waals surface area contributed by atoms with Gasteiger partial charge in [-0.3, -0.25) is 0 Å². The fourth-order valence-electron chi connectivity index (χ4n) is 5.44. The number of halogens is 14. The van der Waals surface area contributed by atoms with Gasteiger partial charge in [-0.05, 0) is 67.0 Å². The quantitative estimate of drug-likeness (QED) is 0.0760. The zero-order valence-electron chi connectivity index (χ0n) is 30.3. The van der Waals surface area contributed by atoms with Crippen molar-refractivity contribution >= 4 is 0 Å². The van der Waals surface area contributed by atoms with Crippen LogP contribution in [0.2, 0.25) is 0 Å². The molecule has 2 nitrogen and oxygen atoms in total. The maximum Gasteiger partial charge on any atom is 0.458 e. The van der Waals surface area contributed by atoms with Gasteiger partial charge in [0, 0.05) is 36.1 Å². The highest BCUT2D eigenvalue weighted by Gasteiger charge is 2.26. The molecule has 0 heterocycles. The monoisotopic (exact) mass is 822 g/mol. The van der Waals surface area contributed by atoms with E-state index in [0.29, 0.717) is 56.4 Å². The van der Waals surface area contributed by atoms with Crippen molar-refractivity contribution in [3.05, 3.63) is 106 Å². The highest BCUT2D eigenvalue weighted by Crippen LogP contribution is 2.34. The van der Waals surface area contributed by atoms with Gasteiger partial charge in [0.15, 0.2) is 0 Å². The summed E-state index contributed by atoms with van der Waals surface area (Å²) in [6, 6.07) is 4.94. The molecule has 0 aliphatic heterocycles. The predicted molar refractivity (Wildman–Crippen MR) is 184 cm³/mol. The molecule has 57 heavy (non-hydrogen) atoms. The first-order valence-electron chi connectivity index (χ1n) is 17.2. The van der Waals surface area contributed by atoms with Gasteiger partial charge in [-0.1, -0.05) is 39.0 Å². The van der Waals surface area contributed by atoms with Crippen molar-refractivity contribution in [3.8, 4) is 57.4 Å². The summed E-state index contributed by atoms with van der Waals surface area (Å²) in [5.74, 6) is -7.50. The number of ether oxygens (including phenoxy) is 2. The van der Waals surface area contributed by atoms with Gasteiger partial charge in [-0.2, -0.15) is 26.3 Å². The topological polar surface area (TPSA) is 18.5 Å². The summed E-state index contributed by atoms with van der Waals surface area (Å²) >= 11 is 0. The van der Waals surface area contributed by atoms with E-state index < -0.39 is 92.3 Å². The average Bonchev–Trinajstić information content (AvgIpc) is 3.09. The molecule has 0 atom stereocenters. The third kappa shape index (κ3) is 13.4. The Labute approximate surface area is 318 Å². The number of benzene rings is 4. The number of rotatable bonds is 13. The van der Waals surface area contributed by atoms with Crippen LogP contribution in [0, 0.1) is 76.1 Å². The summed E-state index contributed by atoms with van der Waals surface area (Å²) in [7, 11) is 0. The second kappa shape index (κ2) is 20.2. The third-order valence-corrected chi connectivity index (χ3v) is 7.98. The molecule has 4 aromatic rings. The molecule has 16 heteroatoms. The van der Waals surface area contributed by atoms with Crippen LogP contribution < -0.4 is 9.47 Å². The lowest BCUT2D eigenvalue weighted by atomic mass is 9.95. The molecule has 0 aromatic heterocycles. The van der Waals surface area contributed by atoms with E-state index in [1.165, 1.54) is 11.8 Å². The van der Waals surface area contributed by atoms with Gasteiger partial charge in [0.05, 0.1) is 35.5 Å². The van der Waals surface area contributed by atoms with E-state index in [9.17, 15) is 61.5 Å². The summed E-state index contributed by atoms with van der Waals surface area (Å²) in [6.45, 7) is 5.94. The van der Waals surface area contributed by atoms with Gasteiger partial charge in [0.2, 0.25) is 0 Å². The molecule has 0 bridgehead atoms. The van der Waals surface area contributed by atoms with Gasteiger partial charge in [-0.25, -0.2) is 35.1 Å². The molecule has 306 valence electrons. The summed E-state index contributed by atoms with van der Waals surface area (Å²) < 4.78 is 201. The lowest BCUT2D eigenvalue weighted by Gasteiger charge is -2.16. The number of hydrogen-bond donors (Lipinski definition) is 0. The zero-order valence-corrected chi connectivity index (χ0v) is 30.3. The van der Waals surface area contributed by atoms with Crippen molar-refractivity contribution < 1.29 is 70.9 Å². The van der Waals surface area contributed by atoms with Crippen LogP contribution in [0.5, 0.6) is 11.5 Å². The largest absolute Gasteiger partial charge is 0.493 e. The third-order valence-electron chi connectivity index (χ3n) is 7.98. The Morgan fingerprint density at radius 2 is 0.789 bits per heavy atom. The molecule has 0 unspecified atom stereocenters. The summed E-state index contributed by atoms with van der Waals surface area (Å²) in [4.78, 5) is 0. The zero-order chi connectivity index (χ0) is 42.7. The van der Waals surface area contributed by atoms with Crippen LogP contribution in [0.1, 0.15) is 64.0 Å². The van der Waals surface area contributed by atoms with Crippen molar-refractivity contribution in [2.24, 2.45) is 5.92 Å². The highest BCUT2D eigenvalue weighted by atomic mass is 19.4. The van der Waals surface area contributed by atoms with Crippen LogP contribution in [0.3, 0.4) is 0 Å². The van der Waals surface area contributed by atoms with E-state index in [1.807, 2.05) is 20.8 Å². The van der Waals surface area contributed by atoms with Gasteiger partial charge in [0.1, 0.15) is 58.0 Å². The highest BCUT2D eigenvalue weighted by molar-refractivity contribution is 5.68. The van der Waals surface area contributed by atoms with Crippen LogP contribution >= 0.6 is 0 Å². The predicted octanol–water partition coefficient (Wildman–Crippen LogP) is 13.0. The fraction of sp³-hybridized carbons (Fsp3) is 0.317.